The third-order valence-electron chi connectivity index (χ3n) is 2.46. The predicted octanol–water partition coefficient (Wildman–Crippen LogP) is -0.918. The van der Waals surface area contributed by atoms with E-state index < -0.39 is 37.2 Å². The Balaban J connectivity index is 2.89. The highest BCUT2D eigenvalue weighted by Crippen LogP contribution is 2.24. The van der Waals surface area contributed by atoms with Crippen LogP contribution in [0.3, 0.4) is 0 Å². The Morgan fingerprint density at radius 2 is 2.18 bits per heavy atom. The summed E-state index contributed by atoms with van der Waals surface area (Å²) >= 11 is 0. The number of nitrogens with zero attached hydrogens (tertiary/aromatic N) is 2. The molecule has 3 N–H and O–H groups in total. The largest absolute Gasteiger partial charge is 0.394 e. The van der Waals surface area contributed by atoms with Crippen LogP contribution in [-0.2, 0) is 4.74 Å². The average Bonchev–Trinajstić information content (AvgIpc) is 2.62. The molecule has 17 heavy (non-hydrogen) atoms. The number of allylic oxidation sites excluding steroid dienone is 1. The minimum Gasteiger partial charge on any atom is -0.394 e. The first kappa shape index (κ1) is 13.8. The van der Waals surface area contributed by atoms with E-state index in [1.807, 2.05) is 0 Å². The highest BCUT2D eigenvalue weighted by atomic mass is 16.6. The summed E-state index contributed by atoms with van der Waals surface area (Å²) in [5.41, 5.74) is 0. The Labute approximate surface area is 98.6 Å². The number of amides is 2. The van der Waals surface area contributed by atoms with Gasteiger partial charge in [-0.15, -0.1) is 0 Å². The van der Waals surface area contributed by atoms with Crippen LogP contribution >= 0.6 is 0 Å². The zero-order valence-electron chi connectivity index (χ0n) is 9.43. The summed E-state index contributed by atoms with van der Waals surface area (Å²) in [7, 11) is 0. The molecule has 0 aromatic heterocycles. The molecule has 0 saturated carbocycles. The van der Waals surface area contributed by atoms with E-state index in [1.54, 1.807) is 13.0 Å². The normalized spacial score (nSPS) is 32.9. The van der Waals surface area contributed by atoms with Crippen LogP contribution in [-0.4, -0.2) is 64.1 Å². The summed E-state index contributed by atoms with van der Waals surface area (Å²) in [5, 5.41) is 28.2. The van der Waals surface area contributed by atoms with Gasteiger partial charge in [-0.05, 0) is 13.6 Å². The molecule has 96 valence electrons. The van der Waals surface area contributed by atoms with Crippen LogP contribution in [0.25, 0.3) is 0 Å². The fraction of sp³-hybridized carbons (Fsp3) is 0.600. The van der Waals surface area contributed by atoms with Crippen LogP contribution in [0.5, 0.6) is 0 Å². The first-order chi connectivity index (χ1) is 8.06. The molecule has 1 rings (SSSR count). The molecular formula is C10H16N2O5. The number of carbonyl (C=O) groups is 1. The molecule has 0 unspecified atom stereocenters. The first-order valence-corrected chi connectivity index (χ1v) is 5.11. The molecule has 0 spiro atoms. The number of hydrogen-bond acceptors (Lipinski definition) is 5. The summed E-state index contributed by atoms with van der Waals surface area (Å²) in [6, 6.07) is -0.710. The molecule has 0 aliphatic carbocycles. The number of urea groups is 1. The molecular weight excluding hydrogens is 228 g/mol. The molecule has 4 atom stereocenters. The van der Waals surface area contributed by atoms with Gasteiger partial charge < -0.3 is 20.1 Å². The quantitative estimate of drug-likeness (QED) is 0.557. The molecule has 1 aliphatic rings. The molecule has 7 heteroatoms. The van der Waals surface area contributed by atoms with Crippen LogP contribution < -0.4 is 0 Å². The number of aliphatic imine (C=N–C) groups is 1. The molecule has 0 aromatic carbocycles. The van der Waals surface area contributed by atoms with Gasteiger partial charge in [0, 0.05) is 6.20 Å². The summed E-state index contributed by atoms with van der Waals surface area (Å²) in [6.45, 7) is 4.32. The monoisotopic (exact) mass is 244 g/mol. The Morgan fingerprint density at radius 3 is 2.59 bits per heavy atom. The molecule has 0 radical (unpaired) electrons. The van der Waals surface area contributed by atoms with E-state index in [9.17, 15) is 15.0 Å². The van der Waals surface area contributed by atoms with Crippen molar-refractivity contribution in [1.29, 1.82) is 0 Å². The number of ether oxygens (including phenoxy) is 1. The second-order valence-corrected chi connectivity index (χ2v) is 3.56. The molecule has 7 nitrogen and oxygen atoms in total. The van der Waals surface area contributed by atoms with Crippen molar-refractivity contribution in [3.63, 3.8) is 0 Å². The van der Waals surface area contributed by atoms with Gasteiger partial charge in [-0.1, -0.05) is 6.08 Å². The molecule has 0 bridgehead atoms. The van der Waals surface area contributed by atoms with E-state index in [4.69, 9.17) is 9.84 Å². The van der Waals surface area contributed by atoms with E-state index in [-0.39, 0.29) is 0 Å². The fourth-order valence-electron chi connectivity index (χ4n) is 1.61. The highest BCUT2D eigenvalue weighted by Gasteiger charge is 2.45. The van der Waals surface area contributed by atoms with Gasteiger partial charge in [-0.25, -0.2) is 9.79 Å². The minimum absolute atomic E-state index is 0.450. The standard InChI is InChI=1S/C10H16N2O5/c1-3-4-12(10(16)11-2)9-8(15)7(14)6(5-13)17-9/h3-4,6-9,13-15H,2,5H2,1H3/b4-3-/t6-,7-,8-,9-/m1/s1. The summed E-state index contributed by atoms with van der Waals surface area (Å²) < 4.78 is 5.19. The highest BCUT2D eigenvalue weighted by molar-refractivity contribution is 5.80. The van der Waals surface area contributed by atoms with Crippen molar-refractivity contribution >= 4 is 12.7 Å². The smallest absolute Gasteiger partial charge is 0.349 e. The van der Waals surface area contributed by atoms with Gasteiger partial charge in [0.15, 0.2) is 6.23 Å². The Hall–Kier alpha value is -1.28. The van der Waals surface area contributed by atoms with Gasteiger partial charge in [0.25, 0.3) is 0 Å². The SMILES string of the molecule is C=NC(=O)N(/C=C\C)[C@@H]1O[C@H](CO)[C@@H](O)[C@H]1O. The zero-order valence-corrected chi connectivity index (χ0v) is 9.43. The first-order valence-electron chi connectivity index (χ1n) is 5.11. The van der Waals surface area contributed by atoms with Crippen molar-refractivity contribution in [3.05, 3.63) is 12.3 Å². The minimum atomic E-state index is -1.31. The predicted molar refractivity (Wildman–Crippen MR) is 59.4 cm³/mol. The van der Waals surface area contributed by atoms with Crippen LogP contribution in [0, 0.1) is 0 Å². The summed E-state index contributed by atoms with van der Waals surface area (Å²) in [6.07, 6.45) is -1.67. The van der Waals surface area contributed by atoms with Crippen LogP contribution in [0.1, 0.15) is 6.92 Å². The topological polar surface area (TPSA) is 103 Å². The fourth-order valence-corrected chi connectivity index (χ4v) is 1.61. The van der Waals surface area contributed by atoms with Crippen molar-refractivity contribution in [3.8, 4) is 0 Å². The second-order valence-electron chi connectivity index (χ2n) is 3.56. The number of aliphatic hydroxyl groups excluding tert-OH is 3. The van der Waals surface area contributed by atoms with E-state index in [2.05, 4.69) is 11.7 Å². The number of hydrogen-bond donors (Lipinski definition) is 3. The Kier molecular flexibility index (Phi) is 4.76. The third kappa shape index (κ3) is 2.70. The van der Waals surface area contributed by atoms with E-state index in [1.165, 1.54) is 6.20 Å². The van der Waals surface area contributed by atoms with Gasteiger partial charge in [0.1, 0.15) is 18.3 Å². The summed E-state index contributed by atoms with van der Waals surface area (Å²) in [5.74, 6) is 0. The van der Waals surface area contributed by atoms with Crippen molar-refractivity contribution < 1.29 is 24.9 Å². The van der Waals surface area contributed by atoms with E-state index in [0.29, 0.717) is 0 Å². The lowest BCUT2D eigenvalue weighted by atomic mass is 10.1. The van der Waals surface area contributed by atoms with Gasteiger partial charge in [-0.3, -0.25) is 4.90 Å². The molecule has 1 fully saturated rings. The van der Waals surface area contributed by atoms with E-state index >= 15 is 0 Å². The maximum atomic E-state index is 11.4. The molecule has 2 amide bonds. The van der Waals surface area contributed by atoms with Gasteiger partial charge in [0.05, 0.1) is 6.61 Å². The third-order valence-corrected chi connectivity index (χ3v) is 2.46. The lowest BCUT2D eigenvalue weighted by Crippen LogP contribution is -2.43. The Bertz CT molecular complexity index is 320. The van der Waals surface area contributed by atoms with Crippen molar-refractivity contribution in [2.75, 3.05) is 6.61 Å². The Morgan fingerprint density at radius 1 is 1.53 bits per heavy atom. The molecule has 0 aromatic rings. The van der Waals surface area contributed by atoms with E-state index in [0.717, 1.165) is 4.90 Å². The second kappa shape index (κ2) is 5.87. The lowest BCUT2D eigenvalue weighted by molar-refractivity contribution is -0.0639. The lowest BCUT2D eigenvalue weighted by Gasteiger charge is -2.25. The van der Waals surface area contributed by atoms with Crippen molar-refractivity contribution in [2.45, 2.75) is 31.5 Å². The average molecular weight is 244 g/mol. The number of aliphatic hydroxyl groups is 3. The zero-order chi connectivity index (χ0) is 13.0. The number of carbonyl (C=O) groups excluding carboxylic acids is 1. The molecule has 1 heterocycles. The summed E-state index contributed by atoms with van der Waals surface area (Å²) in [4.78, 5) is 15.7. The molecule has 1 saturated heterocycles. The van der Waals surface area contributed by atoms with Crippen molar-refractivity contribution in [2.24, 2.45) is 4.99 Å². The van der Waals surface area contributed by atoms with Gasteiger partial charge in [-0.2, -0.15) is 0 Å². The molecule has 1 aliphatic heterocycles. The van der Waals surface area contributed by atoms with Crippen molar-refractivity contribution in [1.82, 2.24) is 4.90 Å². The van der Waals surface area contributed by atoms with Crippen LogP contribution in [0.4, 0.5) is 4.79 Å². The van der Waals surface area contributed by atoms with Crippen LogP contribution in [0.2, 0.25) is 0 Å². The van der Waals surface area contributed by atoms with Crippen LogP contribution in [0.15, 0.2) is 17.3 Å². The van der Waals surface area contributed by atoms with Gasteiger partial charge >= 0.3 is 6.03 Å². The maximum absolute atomic E-state index is 11.4. The number of rotatable bonds is 3. The maximum Gasteiger partial charge on any atom is 0.349 e. The van der Waals surface area contributed by atoms with Gasteiger partial charge in [0.2, 0.25) is 0 Å².